The fraction of sp³-hybridized carbons (Fsp3) is 0.286. The number of unbranched alkanes of at least 4 members (excludes halogenated alkanes) is 1. The molecule has 0 aliphatic carbocycles. The van der Waals surface area contributed by atoms with Crippen molar-refractivity contribution < 1.29 is 14.0 Å². The van der Waals surface area contributed by atoms with E-state index in [1.165, 1.54) is 23.1 Å². The highest BCUT2D eigenvalue weighted by molar-refractivity contribution is 6.36. The van der Waals surface area contributed by atoms with E-state index in [0.29, 0.717) is 22.2 Å². The molecule has 0 spiro atoms. The molecule has 4 nitrogen and oxygen atoms in total. The molecule has 0 bridgehead atoms. The SMILES string of the molecule is CCCCNC(=O)[C@@H](Cc1ccccc1)N(Cc1c(Cl)cccc1Cl)C(=O)Cc1c(F)cccc1Cl. The van der Waals surface area contributed by atoms with Gasteiger partial charge in [0, 0.05) is 45.7 Å². The van der Waals surface area contributed by atoms with Crippen molar-refractivity contribution in [2.24, 2.45) is 0 Å². The van der Waals surface area contributed by atoms with E-state index in [4.69, 9.17) is 34.8 Å². The summed E-state index contributed by atoms with van der Waals surface area (Å²) in [5.74, 6) is -1.35. The van der Waals surface area contributed by atoms with Crippen LogP contribution in [0.1, 0.15) is 36.5 Å². The largest absolute Gasteiger partial charge is 0.354 e. The molecule has 3 rings (SSSR count). The van der Waals surface area contributed by atoms with Gasteiger partial charge < -0.3 is 10.2 Å². The van der Waals surface area contributed by atoms with Gasteiger partial charge in [0.25, 0.3) is 0 Å². The lowest BCUT2D eigenvalue weighted by molar-refractivity contribution is -0.140. The fourth-order valence-corrected chi connectivity index (χ4v) is 4.61. The van der Waals surface area contributed by atoms with E-state index in [0.717, 1.165) is 18.4 Å². The molecule has 0 aromatic heterocycles. The van der Waals surface area contributed by atoms with Crippen LogP contribution in [-0.2, 0) is 29.0 Å². The highest BCUT2D eigenvalue weighted by Crippen LogP contribution is 2.28. The fourth-order valence-electron chi connectivity index (χ4n) is 3.87. The van der Waals surface area contributed by atoms with Crippen molar-refractivity contribution in [2.75, 3.05) is 6.54 Å². The number of carbonyl (C=O) groups excluding carboxylic acids is 2. The monoisotopic (exact) mass is 548 g/mol. The van der Waals surface area contributed by atoms with Crippen LogP contribution in [0.5, 0.6) is 0 Å². The number of rotatable bonds is 11. The van der Waals surface area contributed by atoms with Crippen LogP contribution in [0, 0.1) is 5.82 Å². The van der Waals surface area contributed by atoms with E-state index in [1.807, 2.05) is 37.3 Å². The van der Waals surface area contributed by atoms with Gasteiger partial charge in [0.15, 0.2) is 0 Å². The Bertz CT molecular complexity index is 1150. The summed E-state index contributed by atoms with van der Waals surface area (Å²) in [6.07, 6.45) is 1.66. The molecular formula is C28H28Cl3FN2O2. The molecule has 2 amide bonds. The number of nitrogens with one attached hydrogen (secondary N) is 1. The first-order valence-corrected chi connectivity index (χ1v) is 12.9. The third kappa shape index (κ3) is 7.45. The van der Waals surface area contributed by atoms with Gasteiger partial charge >= 0.3 is 0 Å². The summed E-state index contributed by atoms with van der Waals surface area (Å²) in [7, 11) is 0. The highest BCUT2D eigenvalue weighted by atomic mass is 35.5. The van der Waals surface area contributed by atoms with Gasteiger partial charge in [-0.15, -0.1) is 0 Å². The van der Waals surface area contributed by atoms with Crippen LogP contribution in [0.15, 0.2) is 66.7 Å². The van der Waals surface area contributed by atoms with Gasteiger partial charge in [-0.1, -0.05) is 90.6 Å². The molecule has 1 N–H and O–H groups in total. The van der Waals surface area contributed by atoms with Crippen molar-refractivity contribution in [3.05, 3.63) is 104 Å². The van der Waals surface area contributed by atoms with Crippen LogP contribution < -0.4 is 5.32 Å². The van der Waals surface area contributed by atoms with Crippen molar-refractivity contribution in [1.29, 1.82) is 0 Å². The van der Waals surface area contributed by atoms with Crippen LogP contribution in [0.25, 0.3) is 0 Å². The second-order valence-corrected chi connectivity index (χ2v) is 9.67. The minimum atomic E-state index is -0.880. The minimum Gasteiger partial charge on any atom is -0.354 e. The maximum atomic E-state index is 14.6. The summed E-state index contributed by atoms with van der Waals surface area (Å²) in [5, 5.41) is 3.83. The predicted octanol–water partition coefficient (Wildman–Crippen LogP) is 6.88. The molecule has 0 heterocycles. The van der Waals surface area contributed by atoms with Gasteiger partial charge in [0.2, 0.25) is 11.8 Å². The maximum absolute atomic E-state index is 14.6. The van der Waals surface area contributed by atoms with Gasteiger partial charge in [-0.05, 0) is 36.2 Å². The van der Waals surface area contributed by atoms with Crippen molar-refractivity contribution in [1.82, 2.24) is 10.2 Å². The molecule has 8 heteroatoms. The lowest BCUT2D eigenvalue weighted by Crippen LogP contribution is -2.51. The second kappa shape index (κ2) is 13.6. The average Bonchev–Trinajstić information content (AvgIpc) is 2.86. The molecule has 0 aliphatic rings. The van der Waals surface area contributed by atoms with Gasteiger partial charge in [-0.2, -0.15) is 0 Å². The summed E-state index contributed by atoms with van der Waals surface area (Å²) < 4.78 is 14.6. The van der Waals surface area contributed by atoms with Crippen LogP contribution >= 0.6 is 34.8 Å². The standard InChI is InChI=1S/C28H28Cl3FN2O2/c1-2-3-15-33-28(36)26(16-19-9-5-4-6-10-19)34(18-21-23(30)11-7-12-24(21)31)27(35)17-20-22(29)13-8-14-25(20)32/h4-14,26H,2-3,15-18H2,1H3,(H,33,36)/t26-/m1/s1. The lowest BCUT2D eigenvalue weighted by Gasteiger charge is -2.32. The molecule has 3 aromatic rings. The Hall–Kier alpha value is -2.60. The zero-order valence-corrected chi connectivity index (χ0v) is 22.2. The Kier molecular flexibility index (Phi) is 10.6. The van der Waals surface area contributed by atoms with Crippen LogP contribution in [-0.4, -0.2) is 29.3 Å². The van der Waals surface area contributed by atoms with E-state index in [2.05, 4.69) is 5.32 Å². The van der Waals surface area contributed by atoms with Crippen molar-refractivity contribution >= 4 is 46.6 Å². The van der Waals surface area contributed by atoms with Crippen LogP contribution in [0.3, 0.4) is 0 Å². The lowest BCUT2D eigenvalue weighted by atomic mass is 10.0. The van der Waals surface area contributed by atoms with E-state index >= 15 is 0 Å². The number of hydrogen-bond donors (Lipinski definition) is 1. The average molecular weight is 550 g/mol. The topological polar surface area (TPSA) is 49.4 Å². The van der Waals surface area contributed by atoms with E-state index < -0.39 is 17.8 Å². The summed E-state index contributed by atoms with van der Waals surface area (Å²) in [6.45, 7) is 2.48. The minimum absolute atomic E-state index is 0.0257. The van der Waals surface area contributed by atoms with Gasteiger partial charge in [0.05, 0.1) is 6.42 Å². The number of nitrogens with zero attached hydrogens (tertiary/aromatic N) is 1. The Labute approximate surface area is 226 Å². The predicted molar refractivity (Wildman–Crippen MR) is 144 cm³/mol. The van der Waals surface area contributed by atoms with Crippen molar-refractivity contribution in [2.45, 2.75) is 45.2 Å². The first-order valence-electron chi connectivity index (χ1n) is 11.8. The van der Waals surface area contributed by atoms with E-state index in [-0.39, 0.29) is 35.9 Å². The molecule has 36 heavy (non-hydrogen) atoms. The highest BCUT2D eigenvalue weighted by Gasteiger charge is 2.32. The molecular weight excluding hydrogens is 522 g/mol. The maximum Gasteiger partial charge on any atom is 0.243 e. The summed E-state index contributed by atoms with van der Waals surface area (Å²) in [4.78, 5) is 28.6. The molecule has 0 aliphatic heterocycles. The van der Waals surface area contributed by atoms with Gasteiger partial charge in [0.1, 0.15) is 11.9 Å². The molecule has 0 radical (unpaired) electrons. The Morgan fingerprint density at radius 1 is 0.889 bits per heavy atom. The van der Waals surface area contributed by atoms with Crippen molar-refractivity contribution in [3.63, 3.8) is 0 Å². The third-order valence-corrected chi connectivity index (χ3v) is 6.94. The zero-order chi connectivity index (χ0) is 26.1. The summed E-state index contributed by atoms with van der Waals surface area (Å²) in [5.41, 5.74) is 1.46. The number of carbonyl (C=O) groups is 2. The third-order valence-electron chi connectivity index (χ3n) is 5.88. The van der Waals surface area contributed by atoms with Crippen LogP contribution in [0.2, 0.25) is 15.1 Å². The molecule has 1 atom stereocenters. The molecule has 190 valence electrons. The number of amides is 2. The first kappa shape index (κ1) is 28.0. The number of benzene rings is 3. The van der Waals surface area contributed by atoms with Gasteiger partial charge in [-0.25, -0.2) is 4.39 Å². The first-order chi connectivity index (χ1) is 17.3. The number of hydrogen-bond acceptors (Lipinski definition) is 2. The zero-order valence-electron chi connectivity index (χ0n) is 19.9. The Morgan fingerprint density at radius 2 is 1.50 bits per heavy atom. The van der Waals surface area contributed by atoms with Crippen LogP contribution in [0.4, 0.5) is 4.39 Å². The second-order valence-electron chi connectivity index (χ2n) is 8.45. The Balaban J connectivity index is 2.03. The normalized spacial score (nSPS) is 11.7. The molecule has 0 unspecified atom stereocenters. The number of halogens is 4. The summed E-state index contributed by atoms with van der Waals surface area (Å²) in [6, 6.07) is 17.8. The molecule has 0 saturated heterocycles. The molecule has 0 saturated carbocycles. The summed E-state index contributed by atoms with van der Waals surface area (Å²) >= 11 is 19.1. The quantitative estimate of drug-likeness (QED) is 0.265. The van der Waals surface area contributed by atoms with E-state index in [9.17, 15) is 14.0 Å². The van der Waals surface area contributed by atoms with E-state index in [1.54, 1.807) is 18.2 Å². The molecule has 3 aromatic carbocycles. The Morgan fingerprint density at radius 3 is 2.11 bits per heavy atom. The van der Waals surface area contributed by atoms with Crippen molar-refractivity contribution in [3.8, 4) is 0 Å². The van der Waals surface area contributed by atoms with Gasteiger partial charge in [-0.3, -0.25) is 9.59 Å². The molecule has 0 fully saturated rings. The smallest absolute Gasteiger partial charge is 0.243 e.